The second-order valence-electron chi connectivity index (χ2n) is 3.41. The molecule has 5 heteroatoms. The Kier molecular flexibility index (Phi) is 1.87. The predicted molar refractivity (Wildman–Crippen MR) is 62.6 cm³/mol. The van der Waals surface area contributed by atoms with Crippen molar-refractivity contribution in [2.24, 2.45) is 5.73 Å². The SMILES string of the molecule is NC(=O)c1nnc2c3ccccc3scc1-2. The number of primary amides is 1. The van der Waals surface area contributed by atoms with Crippen LogP contribution < -0.4 is 5.73 Å². The molecule has 0 radical (unpaired) electrons. The summed E-state index contributed by atoms with van der Waals surface area (Å²) < 4.78 is 1.12. The summed E-state index contributed by atoms with van der Waals surface area (Å²) in [5, 5.41) is 10.7. The zero-order chi connectivity index (χ0) is 11.1. The number of aromatic nitrogens is 2. The molecule has 0 aliphatic carbocycles. The van der Waals surface area contributed by atoms with Gasteiger partial charge >= 0.3 is 0 Å². The highest BCUT2D eigenvalue weighted by atomic mass is 32.1. The summed E-state index contributed by atoms with van der Waals surface area (Å²) in [5.74, 6) is -0.537. The highest BCUT2D eigenvalue weighted by Crippen LogP contribution is 2.33. The molecule has 0 atom stereocenters. The van der Waals surface area contributed by atoms with Crippen molar-refractivity contribution in [2.45, 2.75) is 0 Å². The molecule has 2 heterocycles. The van der Waals surface area contributed by atoms with Gasteiger partial charge in [-0.1, -0.05) is 18.2 Å². The number of rotatable bonds is 1. The van der Waals surface area contributed by atoms with E-state index in [0.717, 1.165) is 21.3 Å². The first kappa shape index (κ1) is 9.23. The Morgan fingerprint density at radius 2 is 2.06 bits per heavy atom. The smallest absolute Gasteiger partial charge is 0.269 e. The Balaban J connectivity index is 2.41. The average molecular weight is 229 g/mol. The van der Waals surface area contributed by atoms with Crippen LogP contribution in [0.3, 0.4) is 0 Å². The van der Waals surface area contributed by atoms with Crippen LogP contribution >= 0.6 is 11.3 Å². The minimum Gasteiger partial charge on any atom is -0.364 e. The number of hydrogen-bond acceptors (Lipinski definition) is 4. The van der Waals surface area contributed by atoms with Crippen molar-refractivity contribution in [3.05, 3.63) is 35.3 Å². The highest BCUT2D eigenvalue weighted by Gasteiger charge is 2.19. The Bertz CT molecular complexity index is 661. The van der Waals surface area contributed by atoms with E-state index in [1.165, 1.54) is 0 Å². The number of nitrogens with two attached hydrogens (primary N) is 1. The van der Waals surface area contributed by atoms with Gasteiger partial charge in [-0.25, -0.2) is 0 Å². The van der Waals surface area contributed by atoms with Gasteiger partial charge in [-0.3, -0.25) is 4.79 Å². The Morgan fingerprint density at radius 3 is 2.88 bits per heavy atom. The van der Waals surface area contributed by atoms with Gasteiger partial charge in [0.05, 0.1) is 0 Å². The third-order valence-corrected chi connectivity index (χ3v) is 3.40. The van der Waals surface area contributed by atoms with Crippen LogP contribution in [0.4, 0.5) is 0 Å². The van der Waals surface area contributed by atoms with Crippen LogP contribution in [0, 0.1) is 0 Å². The van der Waals surface area contributed by atoms with Gasteiger partial charge in [-0.15, -0.1) is 21.5 Å². The van der Waals surface area contributed by atoms with Crippen molar-refractivity contribution in [3.8, 4) is 11.3 Å². The van der Waals surface area contributed by atoms with Crippen LogP contribution in [-0.2, 0) is 0 Å². The average Bonchev–Trinajstić information content (AvgIpc) is 2.73. The summed E-state index contributed by atoms with van der Waals surface area (Å²) in [6.07, 6.45) is 0. The summed E-state index contributed by atoms with van der Waals surface area (Å²) in [6.45, 7) is 0. The van der Waals surface area contributed by atoms with Gasteiger partial charge in [-0.2, -0.15) is 0 Å². The molecule has 2 aliphatic heterocycles. The van der Waals surface area contributed by atoms with Gasteiger partial charge < -0.3 is 5.73 Å². The number of carbonyl (C=O) groups excluding carboxylic acids is 1. The van der Waals surface area contributed by atoms with Crippen molar-refractivity contribution in [3.63, 3.8) is 0 Å². The maximum atomic E-state index is 11.1. The van der Waals surface area contributed by atoms with Crippen molar-refractivity contribution in [1.82, 2.24) is 10.2 Å². The number of amides is 1. The van der Waals surface area contributed by atoms with Crippen LogP contribution in [0.1, 0.15) is 10.5 Å². The lowest BCUT2D eigenvalue weighted by molar-refractivity contribution is 0.0996. The molecule has 3 rings (SSSR count). The fraction of sp³-hybridized carbons (Fsp3) is 0. The summed E-state index contributed by atoms with van der Waals surface area (Å²) in [7, 11) is 0. The highest BCUT2D eigenvalue weighted by molar-refractivity contribution is 7.17. The van der Waals surface area contributed by atoms with Crippen LogP contribution in [-0.4, -0.2) is 16.1 Å². The second kappa shape index (κ2) is 3.24. The molecule has 1 amide bonds. The van der Waals surface area contributed by atoms with Crippen LogP contribution in [0.25, 0.3) is 21.3 Å². The molecule has 16 heavy (non-hydrogen) atoms. The Morgan fingerprint density at radius 1 is 1.25 bits per heavy atom. The quantitative estimate of drug-likeness (QED) is 0.692. The Hall–Kier alpha value is -2.01. The molecule has 0 saturated heterocycles. The number of benzene rings is 1. The third-order valence-electron chi connectivity index (χ3n) is 2.44. The zero-order valence-corrected chi connectivity index (χ0v) is 8.99. The molecule has 1 aromatic carbocycles. The summed E-state index contributed by atoms with van der Waals surface area (Å²) in [4.78, 5) is 11.1. The van der Waals surface area contributed by atoms with E-state index < -0.39 is 5.91 Å². The van der Waals surface area contributed by atoms with Gasteiger partial charge in [0.2, 0.25) is 0 Å². The van der Waals surface area contributed by atoms with Crippen LogP contribution in [0.5, 0.6) is 0 Å². The molecular formula is C11H7N3OS. The van der Waals surface area contributed by atoms with E-state index in [0.29, 0.717) is 0 Å². The van der Waals surface area contributed by atoms with Crippen LogP contribution in [0.2, 0.25) is 0 Å². The van der Waals surface area contributed by atoms with E-state index in [4.69, 9.17) is 5.73 Å². The summed E-state index contributed by atoms with van der Waals surface area (Å²) in [5.41, 5.74) is 6.95. The van der Waals surface area contributed by atoms with E-state index in [1.807, 2.05) is 29.6 Å². The van der Waals surface area contributed by atoms with E-state index in [1.54, 1.807) is 11.3 Å². The third kappa shape index (κ3) is 1.18. The fourth-order valence-electron chi connectivity index (χ4n) is 1.70. The molecule has 0 aromatic heterocycles. The molecular weight excluding hydrogens is 222 g/mol. The monoisotopic (exact) mass is 229 g/mol. The lowest BCUT2D eigenvalue weighted by Gasteiger charge is -2.01. The van der Waals surface area contributed by atoms with Gasteiger partial charge in [0.1, 0.15) is 5.69 Å². The molecule has 2 N–H and O–H groups in total. The number of nitrogens with zero attached hydrogens (tertiary/aromatic N) is 2. The van der Waals surface area contributed by atoms with E-state index >= 15 is 0 Å². The van der Waals surface area contributed by atoms with Crippen molar-refractivity contribution in [1.29, 1.82) is 0 Å². The van der Waals surface area contributed by atoms with E-state index in [9.17, 15) is 4.79 Å². The first-order chi connectivity index (χ1) is 7.77. The largest absolute Gasteiger partial charge is 0.364 e. The molecule has 0 bridgehead atoms. The standard InChI is InChI=1S/C11H7N3OS/c12-11(15)10-7-5-16-8-4-2-1-3-6(8)9(7)13-14-10/h1-5H,(H2,12,15). The maximum absolute atomic E-state index is 11.1. The van der Waals surface area contributed by atoms with Crippen molar-refractivity contribution >= 4 is 27.3 Å². The molecule has 0 saturated carbocycles. The molecule has 2 aliphatic rings. The summed E-state index contributed by atoms with van der Waals surface area (Å²) >= 11 is 1.55. The lowest BCUT2D eigenvalue weighted by atomic mass is 10.1. The number of carbonyl (C=O) groups is 1. The second-order valence-corrected chi connectivity index (χ2v) is 4.32. The maximum Gasteiger partial charge on any atom is 0.269 e. The molecule has 0 spiro atoms. The van der Waals surface area contributed by atoms with Crippen molar-refractivity contribution < 1.29 is 4.79 Å². The van der Waals surface area contributed by atoms with Gasteiger partial charge in [-0.05, 0) is 6.07 Å². The molecule has 1 aromatic rings. The lowest BCUT2D eigenvalue weighted by Crippen LogP contribution is -2.12. The predicted octanol–water partition coefficient (Wildman–Crippen LogP) is 1.90. The van der Waals surface area contributed by atoms with Crippen LogP contribution in [0.15, 0.2) is 29.6 Å². The minimum absolute atomic E-state index is 0.247. The molecule has 78 valence electrons. The first-order valence-electron chi connectivity index (χ1n) is 4.70. The number of hydrogen-bond donors (Lipinski definition) is 1. The van der Waals surface area contributed by atoms with Gasteiger partial charge in [0, 0.05) is 21.0 Å². The van der Waals surface area contributed by atoms with Gasteiger partial charge in [0.15, 0.2) is 5.69 Å². The topological polar surface area (TPSA) is 68.9 Å². The number of fused-ring (bicyclic) bond motifs is 3. The first-order valence-corrected chi connectivity index (χ1v) is 5.58. The summed E-state index contributed by atoms with van der Waals surface area (Å²) in [6, 6.07) is 7.88. The van der Waals surface area contributed by atoms with E-state index in [-0.39, 0.29) is 5.69 Å². The van der Waals surface area contributed by atoms with Crippen molar-refractivity contribution in [2.75, 3.05) is 0 Å². The molecule has 4 nitrogen and oxygen atoms in total. The zero-order valence-electron chi connectivity index (χ0n) is 8.18. The Labute approximate surface area is 95.1 Å². The molecule has 0 fully saturated rings. The minimum atomic E-state index is -0.537. The van der Waals surface area contributed by atoms with E-state index in [2.05, 4.69) is 10.2 Å². The normalized spacial score (nSPS) is 11.0. The fourth-order valence-corrected chi connectivity index (χ4v) is 2.62. The van der Waals surface area contributed by atoms with Gasteiger partial charge in [0.25, 0.3) is 5.91 Å². The molecule has 0 unspecified atom stereocenters.